The predicted octanol–water partition coefficient (Wildman–Crippen LogP) is 3.04. The van der Waals surface area contributed by atoms with Crippen LogP contribution in [0.15, 0.2) is 42.5 Å². The molecule has 138 valence electrons. The van der Waals surface area contributed by atoms with Crippen molar-refractivity contribution >= 4 is 11.9 Å². The van der Waals surface area contributed by atoms with Gasteiger partial charge in [0, 0.05) is 12.1 Å². The zero-order valence-corrected chi connectivity index (χ0v) is 13.2. The summed E-state index contributed by atoms with van der Waals surface area (Å²) in [5, 5.41) is 1.99. The second-order valence-corrected chi connectivity index (χ2v) is 4.97. The third-order valence-electron chi connectivity index (χ3n) is 3.10. The number of hydrogen-bond donors (Lipinski definition) is 1. The molecule has 5 nitrogen and oxygen atoms in total. The summed E-state index contributed by atoms with van der Waals surface area (Å²) < 4.78 is 60.4. The first-order valence-electron chi connectivity index (χ1n) is 7.28. The van der Waals surface area contributed by atoms with Crippen molar-refractivity contribution in [1.29, 1.82) is 0 Å². The molecule has 2 aromatic rings. The first kappa shape index (κ1) is 19.2. The van der Waals surface area contributed by atoms with Gasteiger partial charge < -0.3 is 14.8 Å². The van der Waals surface area contributed by atoms with Crippen LogP contribution in [0.4, 0.5) is 17.6 Å². The minimum absolute atomic E-state index is 0.0298. The summed E-state index contributed by atoms with van der Waals surface area (Å²) in [7, 11) is 0. The number of alkyl halides is 2. The molecular weight excluding hydrogens is 358 g/mol. The average molecular weight is 371 g/mol. The zero-order valence-electron chi connectivity index (χ0n) is 13.2. The highest BCUT2D eigenvalue weighted by Gasteiger charge is 2.21. The minimum Gasteiger partial charge on any atom is -0.460 e. The van der Waals surface area contributed by atoms with Crippen molar-refractivity contribution in [3.63, 3.8) is 0 Å². The topological polar surface area (TPSA) is 64.6 Å². The van der Waals surface area contributed by atoms with Crippen molar-refractivity contribution in [1.82, 2.24) is 5.32 Å². The van der Waals surface area contributed by atoms with Crippen LogP contribution in [0.1, 0.15) is 15.9 Å². The third kappa shape index (κ3) is 5.47. The van der Waals surface area contributed by atoms with E-state index in [1.54, 1.807) is 30.3 Å². The Morgan fingerprint density at radius 2 is 1.65 bits per heavy atom. The lowest BCUT2D eigenvalue weighted by molar-refractivity contribution is -0.143. The number of carbonyl (C=O) groups excluding carboxylic acids is 2. The second-order valence-electron chi connectivity index (χ2n) is 4.97. The summed E-state index contributed by atoms with van der Waals surface area (Å²) in [4.78, 5) is 23.4. The normalized spacial score (nSPS) is 10.5. The van der Waals surface area contributed by atoms with Gasteiger partial charge in [0.2, 0.25) is 0 Å². The molecule has 2 aromatic carbocycles. The largest absolute Gasteiger partial charge is 0.460 e. The van der Waals surface area contributed by atoms with Crippen LogP contribution in [-0.2, 0) is 16.1 Å². The van der Waals surface area contributed by atoms with Gasteiger partial charge in [-0.15, -0.1) is 0 Å². The summed E-state index contributed by atoms with van der Waals surface area (Å²) >= 11 is 0. The van der Waals surface area contributed by atoms with E-state index in [9.17, 15) is 27.2 Å². The quantitative estimate of drug-likeness (QED) is 0.600. The van der Waals surface area contributed by atoms with E-state index in [1.807, 2.05) is 5.32 Å². The van der Waals surface area contributed by atoms with E-state index in [0.29, 0.717) is 12.1 Å². The maximum atomic E-state index is 13.8. The van der Waals surface area contributed by atoms with Crippen LogP contribution in [0.5, 0.6) is 5.75 Å². The lowest BCUT2D eigenvalue weighted by atomic mass is 10.1. The van der Waals surface area contributed by atoms with Gasteiger partial charge in [0.05, 0.1) is 0 Å². The van der Waals surface area contributed by atoms with E-state index in [-0.39, 0.29) is 6.61 Å². The monoisotopic (exact) mass is 371 g/mol. The van der Waals surface area contributed by atoms with Gasteiger partial charge in [-0.25, -0.2) is 8.78 Å². The number of halogens is 4. The molecule has 0 aliphatic heterocycles. The Balaban J connectivity index is 1.92. The van der Waals surface area contributed by atoms with E-state index in [2.05, 4.69) is 4.74 Å². The van der Waals surface area contributed by atoms with Crippen molar-refractivity contribution in [3.05, 3.63) is 65.2 Å². The minimum atomic E-state index is -3.27. The van der Waals surface area contributed by atoms with Crippen molar-refractivity contribution in [2.24, 2.45) is 0 Å². The first-order chi connectivity index (χ1) is 12.4. The number of amides is 1. The van der Waals surface area contributed by atoms with Gasteiger partial charge in [-0.05, 0) is 5.56 Å². The molecule has 0 spiro atoms. The lowest BCUT2D eigenvalue weighted by Gasteiger charge is -2.10. The van der Waals surface area contributed by atoms with Crippen LogP contribution in [0.2, 0.25) is 0 Å². The zero-order chi connectivity index (χ0) is 19.1. The lowest BCUT2D eigenvalue weighted by Crippen LogP contribution is -2.31. The standard InChI is InChI=1S/C17H13F4NO4/c18-12-6-11(26-17(20)21)7-13(19)15(12)16(24)22-8-14(23)25-9-10-4-2-1-3-5-10/h1-7,17H,8-9H2,(H,22,24). The smallest absolute Gasteiger partial charge is 0.387 e. The SMILES string of the molecule is O=C(CNC(=O)c1c(F)cc(OC(F)F)cc1F)OCc1ccccc1. The molecule has 0 saturated carbocycles. The Morgan fingerprint density at radius 3 is 2.23 bits per heavy atom. The molecule has 9 heteroatoms. The van der Waals surface area contributed by atoms with Crippen LogP contribution in [0.25, 0.3) is 0 Å². The molecule has 0 atom stereocenters. The molecule has 26 heavy (non-hydrogen) atoms. The fourth-order valence-corrected chi connectivity index (χ4v) is 1.97. The van der Waals surface area contributed by atoms with Crippen LogP contribution >= 0.6 is 0 Å². The molecule has 0 heterocycles. The van der Waals surface area contributed by atoms with Gasteiger partial charge in [-0.2, -0.15) is 8.78 Å². The number of carbonyl (C=O) groups is 2. The Bertz CT molecular complexity index is 761. The van der Waals surface area contributed by atoms with E-state index in [4.69, 9.17) is 4.74 Å². The Kier molecular flexibility index (Phi) is 6.54. The highest BCUT2D eigenvalue weighted by Crippen LogP contribution is 2.22. The number of benzene rings is 2. The number of rotatable bonds is 7. The third-order valence-corrected chi connectivity index (χ3v) is 3.10. The van der Waals surface area contributed by atoms with E-state index < -0.39 is 48.0 Å². The van der Waals surface area contributed by atoms with Gasteiger partial charge in [0.15, 0.2) is 0 Å². The van der Waals surface area contributed by atoms with Crippen molar-refractivity contribution in [3.8, 4) is 5.75 Å². The maximum Gasteiger partial charge on any atom is 0.387 e. The average Bonchev–Trinajstić information content (AvgIpc) is 2.58. The molecule has 0 bridgehead atoms. The molecule has 0 aliphatic rings. The molecule has 0 fully saturated rings. The molecule has 0 aromatic heterocycles. The fraction of sp³-hybridized carbons (Fsp3) is 0.176. The number of hydrogen-bond acceptors (Lipinski definition) is 4. The summed E-state index contributed by atoms with van der Waals surface area (Å²) in [6, 6.07) is 9.61. The van der Waals surface area contributed by atoms with Crippen molar-refractivity contribution < 1.29 is 36.6 Å². The number of esters is 1. The molecule has 2 rings (SSSR count). The van der Waals surface area contributed by atoms with Gasteiger partial charge in [-0.1, -0.05) is 30.3 Å². The summed E-state index contributed by atoms with van der Waals surface area (Å²) in [6.07, 6.45) is 0. The molecular formula is C17H13F4NO4. The summed E-state index contributed by atoms with van der Waals surface area (Å²) in [6.45, 7) is -3.93. The Morgan fingerprint density at radius 1 is 1.04 bits per heavy atom. The molecule has 0 saturated heterocycles. The Labute approximate surface area is 145 Å². The first-order valence-corrected chi connectivity index (χ1v) is 7.28. The van der Waals surface area contributed by atoms with Crippen LogP contribution < -0.4 is 10.1 Å². The molecule has 1 N–H and O–H groups in total. The molecule has 1 amide bonds. The highest BCUT2D eigenvalue weighted by molar-refractivity contribution is 5.96. The van der Waals surface area contributed by atoms with E-state index >= 15 is 0 Å². The summed E-state index contributed by atoms with van der Waals surface area (Å²) in [5.74, 6) is -5.64. The van der Waals surface area contributed by atoms with Crippen molar-refractivity contribution in [2.75, 3.05) is 6.54 Å². The predicted molar refractivity (Wildman–Crippen MR) is 81.6 cm³/mol. The van der Waals surface area contributed by atoms with Gasteiger partial charge in [0.1, 0.15) is 36.1 Å². The van der Waals surface area contributed by atoms with Crippen LogP contribution in [0, 0.1) is 11.6 Å². The maximum absolute atomic E-state index is 13.8. The van der Waals surface area contributed by atoms with E-state index in [0.717, 1.165) is 5.56 Å². The van der Waals surface area contributed by atoms with Gasteiger partial charge >= 0.3 is 12.6 Å². The molecule has 0 aliphatic carbocycles. The molecule has 0 unspecified atom stereocenters. The second kappa shape index (κ2) is 8.84. The van der Waals surface area contributed by atoms with E-state index in [1.165, 1.54) is 0 Å². The van der Waals surface area contributed by atoms with Gasteiger partial charge in [0.25, 0.3) is 5.91 Å². The highest BCUT2D eigenvalue weighted by atomic mass is 19.3. The van der Waals surface area contributed by atoms with Crippen molar-refractivity contribution in [2.45, 2.75) is 13.2 Å². The fourth-order valence-electron chi connectivity index (χ4n) is 1.97. The number of nitrogens with one attached hydrogen (secondary N) is 1. The van der Waals surface area contributed by atoms with Gasteiger partial charge in [-0.3, -0.25) is 9.59 Å². The van der Waals surface area contributed by atoms with Crippen LogP contribution in [0.3, 0.4) is 0 Å². The Hall–Kier alpha value is -3.10. The summed E-state index contributed by atoms with van der Waals surface area (Å²) in [5.41, 5.74) is -0.304. The van der Waals surface area contributed by atoms with Crippen LogP contribution in [-0.4, -0.2) is 25.0 Å². The number of ether oxygens (including phenoxy) is 2. The molecule has 0 radical (unpaired) electrons.